The summed E-state index contributed by atoms with van der Waals surface area (Å²) < 4.78 is 5.70. The molecule has 0 bridgehead atoms. The fourth-order valence-electron chi connectivity index (χ4n) is 1.36. The van der Waals surface area contributed by atoms with Gasteiger partial charge in [0.15, 0.2) is 0 Å². The molecule has 0 unspecified atom stereocenters. The first-order valence-electron chi connectivity index (χ1n) is 6.09. The lowest BCUT2D eigenvalue weighted by molar-refractivity contribution is -0.124. The van der Waals surface area contributed by atoms with Gasteiger partial charge in [-0.15, -0.1) is 0 Å². The topological polar surface area (TPSA) is 67.4 Å². The van der Waals surface area contributed by atoms with E-state index in [2.05, 4.69) is 26.6 Å². The lowest BCUT2D eigenvalue weighted by Gasteiger charge is -2.04. The molecule has 0 aliphatic carbocycles. The quantitative estimate of drug-likeness (QED) is 0.581. The van der Waals surface area contributed by atoms with E-state index in [0.29, 0.717) is 13.2 Å². The fraction of sp³-hybridized carbons (Fsp3) is 0.286. The number of hydrogen-bond donors (Lipinski definition) is 2. The maximum Gasteiger partial charge on any atom is 0.244 e. The van der Waals surface area contributed by atoms with E-state index in [-0.39, 0.29) is 18.4 Å². The number of methoxy groups -OCH3 is 1. The van der Waals surface area contributed by atoms with Crippen LogP contribution in [0.15, 0.2) is 34.8 Å². The molecule has 1 rings (SSSR count). The molecule has 1 aromatic carbocycles. The zero-order chi connectivity index (χ0) is 14.8. The Morgan fingerprint density at radius 3 is 2.75 bits per heavy atom. The molecular weight excluding hydrogens is 324 g/mol. The van der Waals surface area contributed by atoms with Gasteiger partial charge in [-0.25, -0.2) is 0 Å². The number of amides is 2. The van der Waals surface area contributed by atoms with Crippen LogP contribution in [0.4, 0.5) is 0 Å². The van der Waals surface area contributed by atoms with E-state index in [1.165, 1.54) is 6.08 Å². The Morgan fingerprint density at radius 2 is 2.05 bits per heavy atom. The van der Waals surface area contributed by atoms with E-state index in [9.17, 15) is 9.59 Å². The van der Waals surface area contributed by atoms with Crippen molar-refractivity contribution in [2.45, 2.75) is 0 Å². The Kier molecular flexibility index (Phi) is 7.60. The van der Waals surface area contributed by atoms with Gasteiger partial charge in [-0.05, 0) is 17.7 Å². The third-order valence-electron chi connectivity index (χ3n) is 2.37. The predicted octanol–water partition coefficient (Wildman–Crippen LogP) is 1.34. The van der Waals surface area contributed by atoms with Crippen LogP contribution in [0.5, 0.6) is 0 Å². The molecule has 0 aromatic heterocycles. The summed E-state index contributed by atoms with van der Waals surface area (Å²) in [5.74, 6) is -0.563. The van der Waals surface area contributed by atoms with Gasteiger partial charge in [0.2, 0.25) is 11.8 Å². The van der Waals surface area contributed by atoms with Gasteiger partial charge in [-0.3, -0.25) is 9.59 Å². The van der Waals surface area contributed by atoms with Crippen LogP contribution in [-0.4, -0.2) is 38.6 Å². The van der Waals surface area contributed by atoms with Gasteiger partial charge < -0.3 is 15.4 Å². The highest BCUT2D eigenvalue weighted by Crippen LogP contribution is 2.16. The molecule has 0 aliphatic heterocycles. The van der Waals surface area contributed by atoms with Crippen molar-refractivity contribution in [3.8, 4) is 0 Å². The van der Waals surface area contributed by atoms with E-state index in [1.54, 1.807) is 13.2 Å². The summed E-state index contributed by atoms with van der Waals surface area (Å²) in [5.41, 5.74) is 0.896. The average molecular weight is 341 g/mol. The zero-order valence-electron chi connectivity index (χ0n) is 11.2. The minimum atomic E-state index is -0.317. The molecule has 5 nitrogen and oxygen atoms in total. The smallest absolute Gasteiger partial charge is 0.244 e. The zero-order valence-corrected chi connectivity index (χ0v) is 12.8. The Morgan fingerprint density at radius 1 is 1.30 bits per heavy atom. The van der Waals surface area contributed by atoms with Crippen LogP contribution < -0.4 is 10.6 Å². The molecule has 20 heavy (non-hydrogen) atoms. The fourth-order valence-corrected chi connectivity index (χ4v) is 1.77. The van der Waals surface area contributed by atoms with Crippen molar-refractivity contribution >= 4 is 33.8 Å². The largest absolute Gasteiger partial charge is 0.383 e. The van der Waals surface area contributed by atoms with E-state index in [4.69, 9.17) is 4.74 Å². The summed E-state index contributed by atoms with van der Waals surface area (Å²) in [6.07, 6.45) is 3.07. The maximum atomic E-state index is 11.5. The molecule has 108 valence electrons. The first-order chi connectivity index (χ1) is 9.63. The van der Waals surface area contributed by atoms with E-state index >= 15 is 0 Å². The highest BCUT2D eigenvalue weighted by Gasteiger charge is 2.02. The molecule has 0 fully saturated rings. The van der Waals surface area contributed by atoms with Gasteiger partial charge in [0.25, 0.3) is 0 Å². The van der Waals surface area contributed by atoms with Crippen LogP contribution in [0.2, 0.25) is 0 Å². The summed E-state index contributed by atoms with van der Waals surface area (Å²) in [7, 11) is 1.56. The summed E-state index contributed by atoms with van der Waals surface area (Å²) in [6.45, 7) is 0.822. The molecule has 6 heteroatoms. The maximum absolute atomic E-state index is 11.5. The van der Waals surface area contributed by atoms with Crippen molar-refractivity contribution in [1.82, 2.24) is 10.6 Å². The minimum absolute atomic E-state index is 0.0527. The molecule has 0 spiro atoms. The number of benzene rings is 1. The van der Waals surface area contributed by atoms with E-state index < -0.39 is 0 Å². The van der Waals surface area contributed by atoms with Crippen molar-refractivity contribution in [2.24, 2.45) is 0 Å². The van der Waals surface area contributed by atoms with Crippen LogP contribution in [0.3, 0.4) is 0 Å². The van der Waals surface area contributed by atoms with Crippen molar-refractivity contribution in [1.29, 1.82) is 0 Å². The van der Waals surface area contributed by atoms with E-state index in [0.717, 1.165) is 10.0 Å². The normalized spacial score (nSPS) is 10.5. The van der Waals surface area contributed by atoms with Crippen molar-refractivity contribution in [3.63, 3.8) is 0 Å². The lowest BCUT2D eigenvalue weighted by atomic mass is 10.2. The van der Waals surface area contributed by atoms with Gasteiger partial charge in [-0.2, -0.15) is 0 Å². The highest BCUT2D eigenvalue weighted by atomic mass is 79.9. The second-order valence-electron chi connectivity index (χ2n) is 3.92. The number of nitrogens with one attached hydrogen (secondary N) is 2. The number of carbonyl (C=O) groups is 2. The molecular formula is C14H17BrN2O3. The standard InChI is InChI=1S/C14H17BrN2O3/c1-20-9-8-16-14(19)10-17-13(18)7-6-11-4-2-3-5-12(11)15/h2-7H,8-10H2,1H3,(H,16,19)(H,17,18)/b7-6+. The lowest BCUT2D eigenvalue weighted by Crippen LogP contribution is -2.37. The first kappa shape index (κ1) is 16.4. The highest BCUT2D eigenvalue weighted by molar-refractivity contribution is 9.10. The molecule has 2 N–H and O–H groups in total. The average Bonchev–Trinajstić information content (AvgIpc) is 2.44. The number of hydrogen-bond acceptors (Lipinski definition) is 3. The van der Waals surface area contributed by atoms with E-state index in [1.807, 2.05) is 24.3 Å². The molecule has 0 saturated carbocycles. The van der Waals surface area contributed by atoms with Crippen LogP contribution in [0, 0.1) is 0 Å². The predicted molar refractivity (Wildman–Crippen MR) is 81.1 cm³/mol. The van der Waals surface area contributed by atoms with Crippen molar-refractivity contribution in [2.75, 3.05) is 26.8 Å². The molecule has 0 radical (unpaired) electrons. The van der Waals surface area contributed by atoms with Gasteiger partial charge in [0, 0.05) is 24.2 Å². The number of halogens is 1. The van der Waals surface area contributed by atoms with Gasteiger partial charge in [-0.1, -0.05) is 34.1 Å². The SMILES string of the molecule is COCCNC(=O)CNC(=O)/C=C/c1ccccc1Br. The van der Waals surface area contributed by atoms with Crippen molar-refractivity contribution < 1.29 is 14.3 Å². The second-order valence-corrected chi connectivity index (χ2v) is 4.77. The van der Waals surface area contributed by atoms with Crippen LogP contribution in [0.1, 0.15) is 5.56 Å². The van der Waals surface area contributed by atoms with Crippen LogP contribution in [-0.2, 0) is 14.3 Å². The molecule has 0 saturated heterocycles. The third-order valence-corrected chi connectivity index (χ3v) is 3.09. The van der Waals surface area contributed by atoms with Gasteiger partial charge in [0.1, 0.15) is 0 Å². The number of carbonyl (C=O) groups excluding carboxylic acids is 2. The molecule has 1 aromatic rings. The first-order valence-corrected chi connectivity index (χ1v) is 6.89. The Balaban J connectivity index is 2.33. The Labute approximate surface area is 126 Å². The Hall–Kier alpha value is -1.66. The number of rotatable bonds is 7. The summed E-state index contributed by atoms with van der Waals surface area (Å²) in [6, 6.07) is 7.55. The summed E-state index contributed by atoms with van der Waals surface area (Å²) in [4.78, 5) is 22.9. The molecule has 0 aliphatic rings. The third kappa shape index (κ3) is 6.49. The Bertz CT molecular complexity index is 489. The van der Waals surface area contributed by atoms with Gasteiger partial charge in [0.05, 0.1) is 13.2 Å². The second kappa shape index (κ2) is 9.28. The van der Waals surface area contributed by atoms with Crippen molar-refractivity contribution in [3.05, 3.63) is 40.4 Å². The minimum Gasteiger partial charge on any atom is -0.383 e. The number of ether oxygens (including phenoxy) is 1. The molecule has 0 atom stereocenters. The molecule has 2 amide bonds. The summed E-state index contributed by atoms with van der Waals surface area (Å²) >= 11 is 3.38. The molecule has 0 heterocycles. The summed E-state index contributed by atoms with van der Waals surface area (Å²) in [5, 5.41) is 5.12. The van der Waals surface area contributed by atoms with Gasteiger partial charge >= 0.3 is 0 Å². The van der Waals surface area contributed by atoms with Crippen LogP contribution in [0.25, 0.3) is 6.08 Å². The monoisotopic (exact) mass is 340 g/mol. The van der Waals surface area contributed by atoms with Crippen LogP contribution >= 0.6 is 15.9 Å².